The molecule has 4 rings (SSSR count). The van der Waals surface area contributed by atoms with E-state index >= 15 is 0 Å². The third-order valence-corrected chi connectivity index (χ3v) is 6.31. The third kappa shape index (κ3) is 4.80. The molecule has 0 saturated carbocycles. The summed E-state index contributed by atoms with van der Waals surface area (Å²) in [5, 5.41) is 3.44. The summed E-state index contributed by atoms with van der Waals surface area (Å²) in [6, 6.07) is 6.76. The Morgan fingerprint density at radius 2 is 1.81 bits per heavy atom. The Labute approximate surface area is 192 Å². The van der Waals surface area contributed by atoms with Crippen LogP contribution in [-0.2, 0) is 11.2 Å². The number of amides is 1. The number of Topliss-reactive ketones (excluding diaryl/α,β-unsaturated/α-hetero) is 1. The fourth-order valence-corrected chi connectivity index (χ4v) is 4.54. The van der Waals surface area contributed by atoms with Crippen LogP contribution in [0.3, 0.4) is 0 Å². The molecule has 1 aliphatic carbocycles. The van der Waals surface area contributed by atoms with Crippen molar-refractivity contribution in [1.29, 1.82) is 0 Å². The Bertz CT molecular complexity index is 1090. The molecule has 1 fully saturated rings. The summed E-state index contributed by atoms with van der Waals surface area (Å²) in [5.74, 6) is -0.491. The van der Waals surface area contributed by atoms with Gasteiger partial charge >= 0.3 is 0 Å². The molecular formula is C24H28ClN3O4. The van der Waals surface area contributed by atoms with Crippen molar-refractivity contribution in [3.8, 4) is 5.69 Å². The van der Waals surface area contributed by atoms with Crippen molar-refractivity contribution in [2.75, 3.05) is 39.4 Å². The van der Waals surface area contributed by atoms with E-state index in [-0.39, 0.29) is 16.8 Å². The molecule has 1 N–H and O–H groups in total. The van der Waals surface area contributed by atoms with Gasteiger partial charge in [0.25, 0.3) is 11.5 Å². The van der Waals surface area contributed by atoms with Gasteiger partial charge in [-0.3, -0.25) is 23.9 Å². The smallest absolute Gasteiger partial charge is 0.268 e. The van der Waals surface area contributed by atoms with Gasteiger partial charge in [-0.25, -0.2) is 0 Å². The van der Waals surface area contributed by atoms with Crippen LogP contribution in [0.1, 0.15) is 46.5 Å². The van der Waals surface area contributed by atoms with E-state index in [1.807, 2.05) is 13.8 Å². The first-order chi connectivity index (χ1) is 15.2. The molecule has 1 saturated heterocycles. The molecule has 1 aromatic heterocycles. The Hall–Kier alpha value is -2.48. The number of morpholine rings is 1. The number of hydrogen-bond acceptors (Lipinski definition) is 5. The number of fused-ring (bicyclic) bond motifs is 1. The maximum atomic E-state index is 13.5. The third-order valence-electron chi connectivity index (χ3n) is 6.06. The van der Waals surface area contributed by atoms with Crippen molar-refractivity contribution in [3.63, 3.8) is 0 Å². The molecule has 2 aromatic rings. The van der Waals surface area contributed by atoms with E-state index in [2.05, 4.69) is 10.2 Å². The lowest BCUT2D eigenvalue weighted by atomic mass is 9.73. The van der Waals surface area contributed by atoms with Gasteiger partial charge in [0.2, 0.25) is 0 Å². The second-order valence-electron chi connectivity index (χ2n) is 9.20. The lowest BCUT2D eigenvalue weighted by Crippen LogP contribution is -2.43. The highest BCUT2D eigenvalue weighted by Gasteiger charge is 2.35. The summed E-state index contributed by atoms with van der Waals surface area (Å²) in [4.78, 5) is 41.9. The van der Waals surface area contributed by atoms with Crippen LogP contribution in [0.2, 0.25) is 5.02 Å². The molecule has 1 aliphatic heterocycles. The van der Waals surface area contributed by atoms with Crippen LogP contribution in [0.15, 0.2) is 35.3 Å². The van der Waals surface area contributed by atoms with Gasteiger partial charge in [0, 0.05) is 55.1 Å². The number of ketones is 1. The van der Waals surface area contributed by atoms with Crippen LogP contribution in [0.5, 0.6) is 0 Å². The highest BCUT2D eigenvalue weighted by molar-refractivity contribution is 6.30. The van der Waals surface area contributed by atoms with Gasteiger partial charge < -0.3 is 10.1 Å². The second kappa shape index (κ2) is 9.17. The van der Waals surface area contributed by atoms with Crippen LogP contribution < -0.4 is 10.9 Å². The van der Waals surface area contributed by atoms with E-state index in [0.717, 1.165) is 13.1 Å². The molecule has 8 heteroatoms. The fourth-order valence-electron chi connectivity index (χ4n) is 4.41. The number of rotatable bonds is 5. The van der Waals surface area contributed by atoms with E-state index in [0.29, 0.717) is 61.0 Å². The topological polar surface area (TPSA) is 80.6 Å². The average Bonchev–Trinajstić information content (AvgIpc) is 2.74. The predicted molar refractivity (Wildman–Crippen MR) is 123 cm³/mol. The normalized spacial score (nSPS) is 18.3. The van der Waals surface area contributed by atoms with Crippen LogP contribution in [-0.4, -0.2) is 60.6 Å². The Morgan fingerprint density at radius 3 is 2.50 bits per heavy atom. The van der Waals surface area contributed by atoms with Crippen molar-refractivity contribution >= 4 is 23.3 Å². The highest BCUT2D eigenvalue weighted by atomic mass is 35.5. The fraction of sp³-hybridized carbons (Fsp3) is 0.458. The van der Waals surface area contributed by atoms with Crippen molar-refractivity contribution in [3.05, 3.63) is 62.5 Å². The molecule has 170 valence electrons. The Kier molecular flexibility index (Phi) is 6.51. The molecule has 1 amide bonds. The zero-order chi connectivity index (χ0) is 22.9. The quantitative estimate of drug-likeness (QED) is 0.746. The number of carbonyl (C=O) groups excluding carboxylic acids is 2. The van der Waals surface area contributed by atoms with Gasteiger partial charge in [-0.15, -0.1) is 0 Å². The molecule has 2 aliphatic rings. The Morgan fingerprint density at radius 1 is 1.12 bits per heavy atom. The van der Waals surface area contributed by atoms with E-state index in [1.54, 1.807) is 30.5 Å². The van der Waals surface area contributed by atoms with E-state index in [1.165, 1.54) is 4.57 Å². The number of pyridine rings is 1. The van der Waals surface area contributed by atoms with E-state index in [9.17, 15) is 14.4 Å². The zero-order valence-electron chi connectivity index (χ0n) is 18.4. The Balaban J connectivity index is 1.70. The van der Waals surface area contributed by atoms with Crippen LogP contribution in [0.25, 0.3) is 5.69 Å². The maximum Gasteiger partial charge on any atom is 0.268 e. The number of halogens is 1. The minimum atomic E-state index is -0.437. The van der Waals surface area contributed by atoms with Gasteiger partial charge in [-0.2, -0.15) is 0 Å². The highest BCUT2D eigenvalue weighted by Crippen LogP contribution is 2.35. The largest absolute Gasteiger partial charge is 0.379 e. The molecule has 32 heavy (non-hydrogen) atoms. The number of nitrogens with zero attached hydrogens (tertiary/aromatic N) is 2. The first kappa shape index (κ1) is 22.7. The lowest BCUT2D eigenvalue weighted by molar-refractivity contribution is 0.0383. The molecule has 0 bridgehead atoms. The second-order valence-corrected chi connectivity index (χ2v) is 9.64. The number of benzene rings is 1. The number of nitrogens with one attached hydrogen (secondary N) is 1. The van der Waals surface area contributed by atoms with E-state index < -0.39 is 11.5 Å². The van der Waals surface area contributed by atoms with Crippen LogP contribution in [0, 0.1) is 5.41 Å². The molecule has 0 unspecified atom stereocenters. The van der Waals surface area contributed by atoms with Gasteiger partial charge in [0.05, 0.1) is 13.2 Å². The molecular weight excluding hydrogens is 430 g/mol. The summed E-state index contributed by atoms with van der Waals surface area (Å²) >= 11 is 5.99. The monoisotopic (exact) mass is 457 g/mol. The predicted octanol–water partition coefficient (Wildman–Crippen LogP) is 2.71. The molecule has 0 spiro atoms. The SMILES string of the molecule is CC1(C)CC(=O)c2cn(-c3ccc(Cl)cc3)c(=O)c(C(=O)NCCN3CCOCC3)c2C1. The van der Waals surface area contributed by atoms with Crippen LogP contribution >= 0.6 is 11.6 Å². The van der Waals surface area contributed by atoms with Crippen molar-refractivity contribution < 1.29 is 14.3 Å². The summed E-state index contributed by atoms with van der Waals surface area (Å²) in [6.07, 6.45) is 2.44. The molecule has 0 radical (unpaired) electrons. The molecule has 2 heterocycles. The molecule has 7 nitrogen and oxygen atoms in total. The number of carbonyl (C=O) groups is 2. The summed E-state index contributed by atoms with van der Waals surface area (Å²) in [6.45, 7) is 8.08. The van der Waals surface area contributed by atoms with Gasteiger partial charge in [-0.1, -0.05) is 25.4 Å². The van der Waals surface area contributed by atoms with Crippen molar-refractivity contribution in [2.24, 2.45) is 5.41 Å². The van der Waals surface area contributed by atoms with E-state index in [4.69, 9.17) is 16.3 Å². The summed E-state index contributed by atoms with van der Waals surface area (Å²) < 4.78 is 6.73. The minimum absolute atomic E-state index is 0.0543. The zero-order valence-corrected chi connectivity index (χ0v) is 19.2. The average molecular weight is 458 g/mol. The van der Waals surface area contributed by atoms with Gasteiger partial charge in [-0.05, 0) is 41.7 Å². The minimum Gasteiger partial charge on any atom is -0.379 e. The molecule has 0 atom stereocenters. The summed E-state index contributed by atoms with van der Waals surface area (Å²) in [5.41, 5.74) is 0.858. The lowest BCUT2D eigenvalue weighted by Gasteiger charge is -2.31. The maximum absolute atomic E-state index is 13.5. The standard InChI is InChI=1S/C24H28ClN3O4/c1-24(2)13-18-19(20(29)14-24)15-28(17-5-3-16(25)4-6-17)23(31)21(18)22(30)26-7-8-27-9-11-32-12-10-27/h3-6,15H,7-14H2,1-2H3,(H,26,30). The number of ether oxygens (including phenoxy) is 1. The number of hydrogen-bond donors (Lipinski definition) is 1. The van der Waals surface area contributed by atoms with Gasteiger partial charge in [0.1, 0.15) is 5.56 Å². The van der Waals surface area contributed by atoms with Crippen LogP contribution in [0.4, 0.5) is 0 Å². The first-order valence-corrected chi connectivity index (χ1v) is 11.3. The number of aromatic nitrogens is 1. The summed E-state index contributed by atoms with van der Waals surface area (Å²) in [7, 11) is 0. The van der Waals surface area contributed by atoms with Gasteiger partial charge in [0.15, 0.2) is 5.78 Å². The van der Waals surface area contributed by atoms with Crippen molar-refractivity contribution in [2.45, 2.75) is 26.7 Å². The van der Waals surface area contributed by atoms with Crippen molar-refractivity contribution in [1.82, 2.24) is 14.8 Å². The first-order valence-electron chi connectivity index (χ1n) is 10.9. The molecule has 1 aromatic carbocycles.